The van der Waals surface area contributed by atoms with E-state index in [1.54, 1.807) is 18.2 Å². The van der Waals surface area contributed by atoms with E-state index in [1.807, 2.05) is 0 Å². The van der Waals surface area contributed by atoms with E-state index in [0.717, 1.165) is 0 Å². The zero-order valence-electron chi connectivity index (χ0n) is 12.6. The lowest BCUT2D eigenvalue weighted by atomic mass is 10.3. The summed E-state index contributed by atoms with van der Waals surface area (Å²) in [5, 5.41) is -0.0272. The second-order valence-electron chi connectivity index (χ2n) is 4.68. The van der Waals surface area contributed by atoms with E-state index in [9.17, 15) is 31.1 Å². The van der Waals surface area contributed by atoms with E-state index in [1.165, 1.54) is 18.5 Å². The van der Waals surface area contributed by atoms with Crippen LogP contribution in [-0.4, -0.2) is 45.1 Å². The Hall–Kier alpha value is -2.37. The van der Waals surface area contributed by atoms with Crippen LogP contribution in [0.4, 0.5) is 26.3 Å². The molecule has 5 nitrogen and oxygen atoms in total. The van der Waals surface area contributed by atoms with Crippen LogP contribution < -0.4 is 0 Å². The minimum absolute atomic E-state index is 0.0272. The highest BCUT2D eigenvalue weighted by molar-refractivity contribution is 7.99. The predicted octanol–water partition coefficient (Wildman–Crippen LogP) is 3.67. The molecule has 0 aliphatic rings. The molecule has 0 N–H and O–H groups in total. The number of rotatable bonds is 5. The normalized spacial score (nSPS) is 12.3. The van der Waals surface area contributed by atoms with Gasteiger partial charge in [-0.25, -0.2) is 9.97 Å². The Balaban J connectivity index is 2.01. The highest BCUT2D eigenvalue weighted by atomic mass is 32.2. The molecule has 140 valence electrons. The van der Waals surface area contributed by atoms with Gasteiger partial charge in [0, 0.05) is 12.4 Å². The molecule has 0 aliphatic carbocycles. The van der Waals surface area contributed by atoms with Crippen LogP contribution in [0.3, 0.4) is 0 Å². The van der Waals surface area contributed by atoms with Gasteiger partial charge in [-0.2, -0.15) is 26.3 Å². The molecule has 0 fully saturated rings. The van der Waals surface area contributed by atoms with Gasteiger partial charge >= 0.3 is 18.3 Å². The summed E-state index contributed by atoms with van der Waals surface area (Å²) in [6.07, 6.45) is -12.9. The maximum atomic E-state index is 12.3. The highest BCUT2D eigenvalue weighted by Gasteiger charge is 2.59. The second-order valence-corrected chi connectivity index (χ2v) is 5.62. The average Bonchev–Trinajstić information content (AvgIpc) is 2.57. The summed E-state index contributed by atoms with van der Waals surface area (Å²) in [4.78, 5) is 23.2. The maximum absolute atomic E-state index is 12.3. The van der Waals surface area contributed by atoms with Gasteiger partial charge in [0.25, 0.3) is 6.10 Å². The molecule has 0 aromatic carbocycles. The van der Waals surface area contributed by atoms with Crippen LogP contribution in [0.5, 0.6) is 0 Å². The Kier molecular flexibility index (Phi) is 6.05. The van der Waals surface area contributed by atoms with Gasteiger partial charge in [-0.1, -0.05) is 17.8 Å². The van der Waals surface area contributed by atoms with Crippen molar-refractivity contribution in [1.29, 1.82) is 0 Å². The molecule has 2 heterocycles. The van der Waals surface area contributed by atoms with E-state index < -0.39 is 30.2 Å². The van der Waals surface area contributed by atoms with Gasteiger partial charge in [0.05, 0.1) is 17.1 Å². The van der Waals surface area contributed by atoms with Crippen molar-refractivity contribution in [3.8, 4) is 11.4 Å². The van der Waals surface area contributed by atoms with E-state index in [0.29, 0.717) is 23.1 Å². The molecule has 2 aromatic heterocycles. The van der Waals surface area contributed by atoms with Crippen molar-refractivity contribution in [3.63, 3.8) is 0 Å². The summed E-state index contributed by atoms with van der Waals surface area (Å²) < 4.78 is 77.6. The van der Waals surface area contributed by atoms with Gasteiger partial charge in [-0.3, -0.25) is 9.78 Å². The van der Waals surface area contributed by atoms with Gasteiger partial charge in [-0.15, -0.1) is 0 Å². The molecule has 0 aliphatic heterocycles. The van der Waals surface area contributed by atoms with Gasteiger partial charge in [0.1, 0.15) is 0 Å². The first-order chi connectivity index (χ1) is 12.1. The third-order valence-corrected chi connectivity index (χ3v) is 3.56. The third kappa shape index (κ3) is 5.58. The van der Waals surface area contributed by atoms with Crippen molar-refractivity contribution in [2.45, 2.75) is 23.6 Å². The smallest absolute Gasteiger partial charge is 0.434 e. The number of halogens is 6. The van der Waals surface area contributed by atoms with Crippen molar-refractivity contribution in [1.82, 2.24) is 15.0 Å². The number of hydrogen-bond donors (Lipinski definition) is 0. The lowest BCUT2D eigenvalue weighted by Gasteiger charge is -2.22. The minimum Gasteiger partial charge on any atom is -0.442 e. The van der Waals surface area contributed by atoms with Crippen molar-refractivity contribution < 1.29 is 35.9 Å². The maximum Gasteiger partial charge on any atom is 0.434 e. The van der Waals surface area contributed by atoms with Gasteiger partial charge in [0.15, 0.2) is 5.16 Å². The molecule has 2 rings (SSSR count). The Labute approximate surface area is 146 Å². The van der Waals surface area contributed by atoms with Crippen LogP contribution in [-0.2, 0) is 9.53 Å². The number of carbonyl (C=O) groups excluding carboxylic acids is 1. The quantitative estimate of drug-likeness (QED) is 0.332. The first-order valence-corrected chi connectivity index (χ1v) is 7.76. The molecule has 26 heavy (non-hydrogen) atoms. The monoisotopic (exact) mass is 397 g/mol. The molecule has 0 spiro atoms. The fourth-order valence-corrected chi connectivity index (χ4v) is 2.29. The summed E-state index contributed by atoms with van der Waals surface area (Å²) in [7, 11) is 0. The molecule has 0 atom stereocenters. The van der Waals surface area contributed by atoms with Gasteiger partial charge in [-0.05, 0) is 18.2 Å². The lowest BCUT2D eigenvalue weighted by Crippen LogP contribution is -2.45. The van der Waals surface area contributed by atoms with Crippen LogP contribution in [0.2, 0.25) is 0 Å². The summed E-state index contributed by atoms with van der Waals surface area (Å²) in [6, 6.07) is 6.52. The number of thioether (sulfide) groups is 1. The fraction of sp³-hybridized carbons (Fsp3) is 0.286. The average molecular weight is 397 g/mol. The molecule has 2 aromatic rings. The number of alkyl halides is 6. The molecular weight excluding hydrogens is 388 g/mol. The molecule has 0 radical (unpaired) electrons. The number of pyridine rings is 1. The van der Waals surface area contributed by atoms with E-state index >= 15 is 0 Å². The van der Waals surface area contributed by atoms with E-state index in [4.69, 9.17) is 0 Å². The van der Waals surface area contributed by atoms with Crippen molar-refractivity contribution in [2.24, 2.45) is 0 Å². The third-order valence-electron chi connectivity index (χ3n) is 2.72. The van der Waals surface area contributed by atoms with Crippen LogP contribution in [0, 0.1) is 0 Å². The second kappa shape index (κ2) is 7.89. The Morgan fingerprint density at radius 3 is 2.27 bits per heavy atom. The zero-order valence-corrected chi connectivity index (χ0v) is 13.4. The molecule has 0 saturated heterocycles. The molecule has 0 bridgehead atoms. The predicted molar refractivity (Wildman–Crippen MR) is 78.0 cm³/mol. The Morgan fingerprint density at radius 1 is 1.00 bits per heavy atom. The number of esters is 1. The van der Waals surface area contributed by atoms with Crippen LogP contribution in [0.1, 0.15) is 0 Å². The SMILES string of the molecule is O=C(CSc1nccc(-c2ccccn2)n1)OC(C(F)(F)F)C(F)(F)F. The minimum atomic E-state index is -5.76. The summed E-state index contributed by atoms with van der Waals surface area (Å²) >= 11 is 0.541. The number of hydrogen-bond acceptors (Lipinski definition) is 6. The largest absolute Gasteiger partial charge is 0.442 e. The van der Waals surface area contributed by atoms with Crippen LogP contribution >= 0.6 is 11.8 Å². The van der Waals surface area contributed by atoms with Crippen molar-refractivity contribution >= 4 is 17.7 Å². The Bertz CT molecular complexity index is 740. The number of aromatic nitrogens is 3. The fourth-order valence-electron chi connectivity index (χ4n) is 1.68. The first kappa shape index (κ1) is 19.9. The van der Waals surface area contributed by atoms with Crippen molar-refractivity contribution in [2.75, 3.05) is 5.75 Å². The van der Waals surface area contributed by atoms with E-state index in [2.05, 4.69) is 19.7 Å². The zero-order chi connectivity index (χ0) is 19.4. The van der Waals surface area contributed by atoms with Crippen LogP contribution in [0.15, 0.2) is 41.8 Å². The lowest BCUT2D eigenvalue weighted by molar-refractivity contribution is -0.312. The molecule has 0 amide bonds. The highest BCUT2D eigenvalue weighted by Crippen LogP contribution is 2.36. The van der Waals surface area contributed by atoms with Crippen LogP contribution in [0.25, 0.3) is 11.4 Å². The summed E-state index contributed by atoms with van der Waals surface area (Å²) in [5.41, 5.74) is 0.855. The Morgan fingerprint density at radius 2 is 1.69 bits per heavy atom. The number of carbonyl (C=O) groups is 1. The molecule has 0 unspecified atom stereocenters. The first-order valence-electron chi connectivity index (χ1n) is 6.77. The number of ether oxygens (including phenoxy) is 1. The van der Waals surface area contributed by atoms with Gasteiger partial charge < -0.3 is 4.74 Å². The van der Waals surface area contributed by atoms with Crippen molar-refractivity contribution in [3.05, 3.63) is 36.7 Å². The van der Waals surface area contributed by atoms with Gasteiger partial charge in [0.2, 0.25) is 0 Å². The standard InChI is InChI=1S/C14H9F6N3O2S/c15-13(16,17)11(14(18,19)20)25-10(24)7-26-12-22-6-4-9(23-12)8-3-1-2-5-21-8/h1-6,11H,7H2. The van der Waals surface area contributed by atoms with E-state index in [-0.39, 0.29) is 5.16 Å². The molecule has 12 heteroatoms. The molecular formula is C14H9F6N3O2S. The summed E-state index contributed by atoms with van der Waals surface area (Å²) in [5.74, 6) is -2.52. The molecule has 0 saturated carbocycles. The summed E-state index contributed by atoms with van der Waals surface area (Å²) in [6.45, 7) is 0. The topological polar surface area (TPSA) is 65.0 Å². The number of nitrogens with zero attached hydrogens (tertiary/aromatic N) is 3.